The number of aromatic nitrogens is 2. The fourth-order valence-corrected chi connectivity index (χ4v) is 5.03. The van der Waals surface area contributed by atoms with E-state index in [2.05, 4.69) is 15.3 Å². The second kappa shape index (κ2) is 7.20. The van der Waals surface area contributed by atoms with E-state index in [4.69, 9.17) is 0 Å². The molecule has 2 N–H and O–H groups in total. The molecule has 0 aliphatic carbocycles. The van der Waals surface area contributed by atoms with E-state index in [9.17, 15) is 14.0 Å². The molecule has 0 saturated carbocycles. The van der Waals surface area contributed by atoms with Gasteiger partial charge in [0.25, 0.3) is 5.56 Å². The van der Waals surface area contributed by atoms with Gasteiger partial charge in [-0.1, -0.05) is 30.3 Å². The average Bonchev–Trinajstić information content (AvgIpc) is 2.95. The van der Waals surface area contributed by atoms with E-state index in [1.165, 1.54) is 35.2 Å². The van der Waals surface area contributed by atoms with Gasteiger partial charge in [-0.3, -0.25) is 9.59 Å². The summed E-state index contributed by atoms with van der Waals surface area (Å²) < 4.78 is 13.1. The Morgan fingerprint density at radius 1 is 1.19 bits per heavy atom. The Kier molecular flexibility index (Phi) is 4.78. The lowest BCUT2D eigenvalue weighted by atomic mass is 10.1. The van der Waals surface area contributed by atoms with Gasteiger partial charge in [0, 0.05) is 17.5 Å². The summed E-state index contributed by atoms with van der Waals surface area (Å²) in [6.45, 7) is 0.699. The molecule has 1 amide bonds. The Labute approximate surface area is 157 Å². The average molecular weight is 389 g/mol. The number of nitrogens with zero attached hydrogens (tertiary/aromatic N) is 1. The van der Waals surface area contributed by atoms with Crippen molar-refractivity contribution in [3.8, 4) is 11.1 Å². The maximum atomic E-state index is 13.1. The number of thiophene rings is 1. The molecule has 1 saturated heterocycles. The number of hydrogen-bond acceptors (Lipinski definition) is 5. The van der Waals surface area contributed by atoms with Crippen LogP contribution in [0.3, 0.4) is 0 Å². The van der Waals surface area contributed by atoms with Crippen LogP contribution in [0.5, 0.6) is 0 Å². The van der Waals surface area contributed by atoms with Crippen LogP contribution in [0.2, 0.25) is 0 Å². The molecule has 1 unspecified atom stereocenters. The molecule has 0 radical (unpaired) electrons. The number of hydrogen-bond donors (Lipinski definition) is 2. The van der Waals surface area contributed by atoms with E-state index < -0.39 is 0 Å². The van der Waals surface area contributed by atoms with Crippen LogP contribution in [0.1, 0.15) is 19.3 Å². The predicted octanol–water partition coefficient (Wildman–Crippen LogP) is 3.55. The zero-order chi connectivity index (χ0) is 18.1. The Morgan fingerprint density at radius 2 is 2.00 bits per heavy atom. The third kappa shape index (κ3) is 3.39. The van der Waals surface area contributed by atoms with Crippen LogP contribution in [0.25, 0.3) is 21.3 Å². The Hall–Kier alpha value is -2.19. The summed E-state index contributed by atoms with van der Waals surface area (Å²) in [5.74, 6) is -0.325. The topological polar surface area (TPSA) is 74.8 Å². The Bertz CT molecular complexity index is 1010. The lowest BCUT2D eigenvalue weighted by molar-refractivity contribution is -0.120. The highest BCUT2D eigenvalue weighted by Crippen LogP contribution is 2.32. The van der Waals surface area contributed by atoms with Crippen LogP contribution in [0, 0.1) is 5.82 Å². The highest BCUT2D eigenvalue weighted by molar-refractivity contribution is 8.00. The highest BCUT2D eigenvalue weighted by Gasteiger charge is 2.23. The van der Waals surface area contributed by atoms with E-state index in [-0.39, 0.29) is 22.5 Å². The molecule has 1 aliphatic rings. The maximum Gasteiger partial charge on any atom is 0.260 e. The predicted molar refractivity (Wildman–Crippen MR) is 102 cm³/mol. The minimum atomic E-state index is -0.319. The minimum absolute atomic E-state index is 0.00609. The van der Waals surface area contributed by atoms with Gasteiger partial charge in [-0.05, 0) is 30.5 Å². The van der Waals surface area contributed by atoms with Crippen LogP contribution in [-0.2, 0) is 4.79 Å². The number of benzene rings is 1. The first-order chi connectivity index (χ1) is 12.6. The van der Waals surface area contributed by atoms with Crippen LogP contribution >= 0.6 is 23.1 Å². The molecule has 3 heterocycles. The lowest BCUT2D eigenvalue weighted by Crippen LogP contribution is -2.30. The summed E-state index contributed by atoms with van der Waals surface area (Å²) in [5, 5.41) is 5.45. The monoisotopic (exact) mass is 389 g/mol. The molecule has 1 fully saturated rings. The number of aromatic amines is 1. The summed E-state index contributed by atoms with van der Waals surface area (Å²) in [6.07, 6.45) is 2.71. The fraction of sp³-hybridized carbons (Fsp3) is 0.278. The Balaban J connectivity index is 1.68. The van der Waals surface area contributed by atoms with E-state index in [1.807, 2.05) is 5.38 Å². The molecule has 4 rings (SSSR count). The number of carbonyl (C=O) groups excluding carboxylic acids is 1. The molecule has 1 aliphatic heterocycles. The quantitative estimate of drug-likeness (QED) is 0.672. The minimum Gasteiger partial charge on any atom is -0.355 e. The van der Waals surface area contributed by atoms with Gasteiger partial charge in [0.1, 0.15) is 10.6 Å². The van der Waals surface area contributed by atoms with Crippen molar-refractivity contribution in [3.63, 3.8) is 0 Å². The first-order valence-corrected chi connectivity index (χ1v) is 10.1. The summed E-state index contributed by atoms with van der Waals surface area (Å²) in [7, 11) is 0. The molecular formula is C18H16FN3O2S2. The molecular weight excluding hydrogens is 373 g/mol. The van der Waals surface area contributed by atoms with Gasteiger partial charge in [-0.15, -0.1) is 11.3 Å². The van der Waals surface area contributed by atoms with Gasteiger partial charge in [0.15, 0.2) is 5.16 Å². The fourth-order valence-electron chi connectivity index (χ4n) is 2.99. The zero-order valence-electron chi connectivity index (χ0n) is 13.8. The van der Waals surface area contributed by atoms with Crippen molar-refractivity contribution in [2.45, 2.75) is 29.7 Å². The molecule has 1 aromatic carbocycles. The van der Waals surface area contributed by atoms with E-state index in [1.54, 1.807) is 12.1 Å². The van der Waals surface area contributed by atoms with E-state index in [0.717, 1.165) is 30.4 Å². The number of halogens is 1. The number of fused-ring (bicyclic) bond motifs is 1. The van der Waals surface area contributed by atoms with Crippen molar-refractivity contribution in [2.24, 2.45) is 0 Å². The standard InChI is InChI=1S/C18H16FN3O2S2/c19-11-6-4-10(5-7-11)12-9-25-17-14(12)16(24)21-18(22-17)26-13-3-1-2-8-20-15(13)23/h4-7,9,13H,1-3,8H2,(H,20,23)(H,21,22,24). The largest absolute Gasteiger partial charge is 0.355 e. The second-order valence-corrected chi connectivity index (χ2v) is 8.15. The van der Waals surface area contributed by atoms with Crippen LogP contribution in [-0.4, -0.2) is 27.7 Å². The smallest absolute Gasteiger partial charge is 0.260 e. The second-order valence-electron chi connectivity index (χ2n) is 6.10. The number of amides is 1. The molecule has 134 valence electrons. The molecule has 26 heavy (non-hydrogen) atoms. The lowest BCUT2D eigenvalue weighted by Gasteiger charge is -2.11. The molecule has 0 spiro atoms. The van der Waals surface area contributed by atoms with Gasteiger partial charge in [-0.25, -0.2) is 9.37 Å². The number of nitrogens with one attached hydrogen (secondary N) is 2. The van der Waals surface area contributed by atoms with Crippen molar-refractivity contribution in [1.29, 1.82) is 0 Å². The normalized spacial score (nSPS) is 17.9. The first kappa shape index (κ1) is 17.2. The number of thioether (sulfide) groups is 1. The molecule has 0 bridgehead atoms. The molecule has 3 aromatic rings. The van der Waals surface area contributed by atoms with Gasteiger partial charge in [0.05, 0.1) is 10.6 Å². The van der Waals surface area contributed by atoms with Crippen molar-refractivity contribution in [3.05, 3.63) is 45.8 Å². The molecule has 1 atom stereocenters. The Morgan fingerprint density at radius 3 is 2.81 bits per heavy atom. The summed E-state index contributed by atoms with van der Waals surface area (Å²) in [5.41, 5.74) is 1.27. The van der Waals surface area contributed by atoms with Crippen LogP contribution in [0.15, 0.2) is 39.6 Å². The highest BCUT2D eigenvalue weighted by atomic mass is 32.2. The third-order valence-corrected chi connectivity index (χ3v) is 6.34. The first-order valence-electron chi connectivity index (χ1n) is 8.33. The van der Waals surface area contributed by atoms with Crippen molar-refractivity contribution < 1.29 is 9.18 Å². The van der Waals surface area contributed by atoms with Crippen LogP contribution < -0.4 is 10.9 Å². The molecule has 5 nitrogen and oxygen atoms in total. The third-order valence-electron chi connectivity index (χ3n) is 4.32. The summed E-state index contributed by atoms with van der Waals surface area (Å²) in [4.78, 5) is 32.7. The van der Waals surface area contributed by atoms with Crippen molar-refractivity contribution in [1.82, 2.24) is 15.3 Å². The number of H-pyrrole nitrogens is 1. The van der Waals surface area contributed by atoms with Gasteiger partial charge in [-0.2, -0.15) is 0 Å². The van der Waals surface area contributed by atoms with E-state index in [0.29, 0.717) is 21.9 Å². The SMILES string of the molecule is O=C1NCCCCC1Sc1nc2scc(-c3ccc(F)cc3)c2c(=O)[nH]1. The molecule has 8 heteroatoms. The van der Waals surface area contributed by atoms with Crippen LogP contribution in [0.4, 0.5) is 4.39 Å². The number of carbonyl (C=O) groups is 1. The van der Waals surface area contributed by atoms with Crippen molar-refractivity contribution >= 4 is 39.2 Å². The number of rotatable bonds is 3. The van der Waals surface area contributed by atoms with Gasteiger partial charge < -0.3 is 10.3 Å². The van der Waals surface area contributed by atoms with Gasteiger partial charge in [0.2, 0.25) is 5.91 Å². The van der Waals surface area contributed by atoms with Gasteiger partial charge >= 0.3 is 0 Å². The van der Waals surface area contributed by atoms with Crippen molar-refractivity contribution in [2.75, 3.05) is 6.54 Å². The molecule has 2 aromatic heterocycles. The zero-order valence-corrected chi connectivity index (χ0v) is 15.4. The van der Waals surface area contributed by atoms with E-state index >= 15 is 0 Å². The summed E-state index contributed by atoms with van der Waals surface area (Å²) >= 11 is 2.67. The maximum absolute atomic E-state index is 13.1. The summed E-state index contributed by atoms with van der Waals surface area (Å²) in [6, 6.07) is 6.04.